The van der Waals surface area contributed by atoms with E-state index in [1.807, 2.05) is 24.4 Å². The third-order valence-electron chi connectivity index (χ3n) is 3.09. The average molecular weight is 298 g/mol. The van der Waals surface area contributed by atoms with Gasteiger partial charge in [0.05, 0.1) is 12.1 Å². The van der Waals surface area contributed by atoms with E-state index in [9.17, 15) is 9.90 Å². The number of thiophene rings is 1. The lowest BCUT2D eigenvalue weighted by Gasteiger charge is -2.31. The van der Waals surface area contributed by atoms with E-state index in [1.54, 1.807) is 11.3 Å². The third-order valence-corrected chi connectivity index (χ3v) is 4.03. The Bertz CT molecular complexity index is 399. The first-order chi connectivity index (χ1) is 9.34. The lowest BCUT2D eigenvalue weighted by molar-refractivity contribution is 0.158. The van der Waals surface area contributed by atoms with Crippen LogP contribution in [0.1, 0.15) is 51.5 Å². The number of hydrogen-bond acceptors (Lipinski definition) is 3. The normalized spacial score (nSPS) is 14.7. The molecule has 0 fully saturated rings. The van der Waals surface area contributed by atoms with Gasteiger partial charge in [-0.05, 0) is 23.3 Å². The average Bonchev–Trinajstić information content (AvgIpc) is 2.86. The summed E-state index contributed by atoms with van der Waals surface area (Å²) in [6.07, 6.45) is 1.14. The quantitative estimate of drug-likeness (QED) is 0.754. The van der Waals surface area contributed by atoms with Crippen LogP contribution in [0, 0.1) is 5.41 Å². The molecule has 2 atom stereocenters. The van der Waals surface area contributed by atoms with Crippen molar-refractivity contribution in [2.75, 3.05) is 6.54 Å². The van der Waals surface area contributed by atoms with Crippen LogP contribution in [0.5, 0.6) is 0 Å². The Morgan fingerprint density at radius 3 is 2.65 bits per heavy atom. The van der Waals surface area contributed by atoms with Gasteiger partial charge in [-0.25, -0.2) is 4.79 Å². The highest BCUT2D eigenvalue weighted by Crippen LogP contribution is 2.34. The Hall–Kier alpha value is -1.07. The van der Waals surface area contributed by atoms with Crippen LogP contribution in [-0.2, 0) is 0 Å². The number of rotatable bonds is 6. The summed E-state index contributed by atoms with van der Waals surface area (Å²) in [4.78, 5) is 13.1. The van der Waals surface area contributed by atoms with Gasteiger partial charge in [-0.1, -0.05) is 40.2 Å². The van der Waals surface area contributed by atoms with Crippen molar-refractivity contribution >= 4 is 17.4 Å². The fourth-order valence-electron chi connectivity index (χ4n) is 2.00. The minimum atomic E-state index is -0.472. The SMILES string of the molecule is CCCC(O)CNC(=O)NC(c1cccs1)C(C)(C)C. The van der Waals surface area contributed by atoms with Crippen LogP contribution in [0.3, 0.4) is 0 Å². The van der Waals surface area contributed by atoms with Crippen LogP contribution in [0.25, 0.3) is 0 Å². The lowest BCUT2D eigenvalue weighted by atomic mass is 9.86. The van der Waals surface area contributed by atoms with Gasteiger partial charge in [0.25, 0.3) is 0 Å². The van der Waals surface area contributed by atoms with Gasteiger partial charge in [-0.3, -0.25) is 0 Å². The van der Waals surface area contributed by atoms with Crippen molar-refractivity contribution in [2.45, 2.75) is 52.7 Å². The molecule has 5 heteroatoms. The molecule has 1 heterocycles. The molecule has 2 amide bonds. The van der Waals surface area contributed by atoms with Crippen LogP contribution in [0.15, 0.2) is 17.5 Å². The van der Waals surface area contributed by atoms with E-state index in [2.05, 4.69) is 31.4 Å². The molecule has 0 aliphatic heterocycles. The molecule has 0 aromatic carbocycles. The molecule has 114 valence electrons. The molecule has 0 spiro atoms. The maximum Gasteiger partial charge on any atom is 0.315 e. The standard InChI is InChI=1S/C15H26N2O2S/c1-5-7-11(18)10-16-14(19)17-13(15(2,3)4)12-8-6-9-20-12/h6,8-9,11,13,18H,5,7,10H2,1-4H3,(H2,16,17,19). The lowest BCUT2D eigenvalue weighted by Crippen LogP contribution is -2.44. The maximum atomic E-state index is 12.0. The van der Waals surface area contributed by atoms with E-state index in [1.165, 1.54) is 0 Å². The van der Waals surface area contributed by atoms with Gasteiger partial charge < -0.3 is 15.7 Å². The van der Waals surface area contributed by atoms with Gasteiger partial charge in [0, 0.05) is 11.4 Å². The van der Waals surface area contributed by atoms with Crippen molar-refractivity contribution in [3.05, 3.63) is 22.4 Å². The minimum absolute atomic E-state index is 0.0363. The molecular formula is C15H26N2O2S. The van der Waals surface area contributed by atoms with Crippen LogP contribution in [-0.4, -0.2) is 23.8 Å². The second-order valence-corrected chi connectivity index (χ2v) is 7.09. The summed E-state index contributed by atoms with van der Waals surface area (Å²) in [6, 6.07) is 3.76. The Labute approximate surface area is 125 Å². The highest BCUT2D eigenvalue weighted by Gasteiger charge is 2.28. The zero-order valence-corrected chi connectivity index (χ0v) is 13.6. The number of nitrogens with one attached hydrogen (secondary N) is 2. The predicted octanol–water partition coefficient (Wildman–Crippen LogP) is 3.30. The number of carbonyl (C=O) groups excluding carboxylic acids is 1. The molecule has 0 saturated carbocycles. The van der Waals surface area contributed by atoms with Crippen molar-refractivity contribution in [3.63, 3.8) is 0 Å². The van der Waals surface area contributed by atoms with Gasteiger partial charge in [0.15, 0.2) is 0 Å². The van der Waals surface area contributed by atoms with Crippen LogP contribution in [0.2, 0.25) is 0 Å². The smallest absolute Gasteiger partial charge is 0.315 e. The highest BCUT2D eigenvalue weighted by atomic mass is 32.1. The number of carbonyl (C=O) groups is 1. The molecule has 0 aliphatic carbocycles. The van der Waals surface area contributed by atoms with E-state index < -0.39 is 6.10 Å². The summed E-state index contributed by atoms with van der Waals surface area (Å²) in [5.41, 5.74) is -0.0653. The molecular weight excluding hydrogens is 272 g/mol. The first-order valence-corrected chi connectivity index (χ1v) is 7.98. The fraction of sp³-hybridized carbons (Fsp3) is 0.667. The van der Waals surface area contributed by atoms with E-state index in [4.69, 9.17) is 0 Å². The Morgan fingerprint density at radius 2 is 2.15 bits per heavy atom. The van der Waals surface area contributed by atoms with Crippen molar-refractivity contribution in [1.82, 2.24) is 10.6 Å². The molecule has 20 heavy (non-hydrogen) atoms. The van der Waals surface area contributed by atoms with Crippen LogP contribution in [0.4, 0.5) is 4.79 Å². The number of urea groups is 1. The zero-order chi connectivity index (χ0) is 15.2. The van der Waals surface area contributed by atoms with Crippen molar-refractivity contribution in [3.8, 4) is 0 Å². The van der Waals surface area contributed by atoms with Crippen molar-refractivity contribution < 1.29 is 9.90 Å². The zero-order valence-electron chi connectivity index (χ0n) is 12.8. The van der Waals surface area contributed by atoms with E-state index in [0.717, 1.165) is 11.3 Å². The monoisotopic (exact) mass is 298 g/mol. The number of aliphatic hydroxyl groups is 1. The van der Waals surface area contributed by atoms with E-state index >= 15 is 0 Å². The van der Waals surface area contributed by atoms with Crippen LogP contribution >= 0.6 is 11.3 Å². The summed E-state index contributed by atoms with van der Waals surface area (Å²) in [5, 5.41) is 17.4. The molecule has 4 nitrogen and oxygen atoms in total. The largest absolute Gasteiger partial charge is 0.391 e. The van der Waals surface area contributed by atoms with Gasteiger partial charge >= 0.3 is 6.03 Å². The van der Waals surface area contributed by atoms with Gasteiger partial charge in [-0.2, -0.15) is 0 Å². The first-order valence-electron chi connectivity index (χ1n) is 7.10. The maximum absolute atomic E-state index is 12.0. The fourth-order valence-corrected chi connectivity index (χ4v) is 3.02. The summed E-state index contributed by atoms with van der Waals surface area (Å²) >= 11 is 1.64. The second-order valence-electron chi connectivity index (χ2n) is 6.11. The molecule has 0 bridgehead atoms. The van der Waals surface area contributed by atoms with Gasteiger partial charge in [0.2, 0.25) is 0 Å². The summed E-state index contributed by atoms with van der Waals surface area (Å²) in [5.74, 6) is 0. The number of amides is 2. The van der Waals surface area contributed by atoms with Crippen molar-refractivity contribution in [1.29, 1.82) is 0 Å². The second kappa shape index (κ2) is 7.64. The Kier molecular flexibility index (Phi) is 6.49. The Balaban J connectivity index is 2.56. The highest BCUT2D eigenvalue weighted by molar-refractivity contribution is 7.10. The molecule has 1 rings (SSSR count). The minimum Gasteiger partial charge on any atom is -0.391 e. The molecule has 0 radical (unpaired) electrons. The molecule has 1 aromatic heterocycles. The van der Waals surface area contributed by atoms with Gasteiger partial charge in [-0.15, -0.1) is 11.3 Å². The molecule has 0 aliphatic rings. The summed E-state index contributed by atoms with van der Waals surface area (Å²) in [6.45, 7) is 8.60. The van der Waals surface area contributed by atoms with Crippen LogP contribution < -0.4 is 10.6 Å². The molecule has 3 N–H and O–H groups in total. The molecule has 2 unspecified atom stereocenters. The van der Waals surface area contributed by atoms with E-state index in [0.29, 0.717) is 13.0 Å². The third kappa shape index (κ3) is 5.51. The number of hydrogen-bond donors (Lipinski definition) is 3. The van der Waals surface area contributed by atoms with Gasteiger partial charge in [0.1, 0.15) is 0 Å². The molecule has 1 aromatic rings. The van der Waals surface area contributed by atoms with Crippen molar-refractivity contribution in [2.24, 2.45) is 5.41 Å². The predicted molar refractivity (Wildman–Crippen MR) is 84.0 cm³/mol. The Morgan fingerprint density at radius 1 is 1.45 bits per heavy atom. The number of aliphatic hydroxyl groups excluding tert-OH is 1. The topological polar surface area (TPSA) is 61.4 Å². The summed E-state index contributed by atoms with van der Waals surface area (Å²) < 4.78 is 0. The molecule has 0 saturated heterocycles. The summed E-state index contributed by atoms with van der Waals surface area (Å²) in [7, 11) is 0. The first kappa shape index (κ1) is 17.0. The van der Waals surface area contributed by atoms with E-state index in [-0.39, 0.29) is 17.5 Å².